The van der Waals surface area contributed by atoms with Crippen molar-refractivity contribution in [2.24, 2.45) is 0 Å². The summed E-state index contributed by atoms with van der Waals surface area (Å²) in [4.78, 5) is 14.0. The molecule has 0 spiro atoms. The van der Waals surface area contributed by atoms with E-state index < -0.39 is 25.0 Å². The molecule has 0 saturated carbocycles. The Hall–Kier alpha value is -2.53. The maximum absolute atomic E-state index is 12.7. The summed E-state index contributed by atoms with van der Waals surface area (Å²) in [6.45, 7) is 1.96. The van der Waals surface area contributed by atoms with Gasteiger partial charge < -0.3 is 19.6 Å². The third-order valence-corrected chi connectivity index (χ3v) is 3.81. The first-order valence-electron chi connectivity index (χ1n) is 7.28. The fraction of sp³-hybridized carbons (Fsp3) is 0.286. The number of nitrogens with zero attached hydrogens (tertiary/aromatic N) is 3. The lowest BCUT2D eigenvalue weighted by Crippen LogP contribution is -2.43. The van der Waals surface area contributed by atoms with Crippen molar-refractivity contribution in [2.45, 2.75) is 19.1 Å². The normalized spacial score (nSPS) is 17.4. The van der Waals surface area contributed by atoms with Crippen LogP contribution >= 0.6 is 0 Å². The molecule has 3 rings (SSSR count). The highest BCUT2D eigenvalue weighted by molar-refractivity contribution is 6.34. The zero-order valence-electron chi connectivity index (χ0n) is 12.9. The second-order valence-corrected chi connectivity index (χ2v) is 5.56. The fourth-order valence-electron chi connectivity index (χ4n) is 2.69. The first-order valence-corrected chi connectivity index (χ1v) is 7.28. The molecule has 0 radical (unpaired) electrons. The summed E-state index contributed by atoms with van der Waals surface area (Å²) in [6, 6.07) is 3.92. The van der Waals surface area contributed by atoms with Gasteiger partial charge in [0.25, 0.3) is 5.91 Å². The molecule has 0 fully saturated rings. The van der Waals surface area contributed by atoms with Gasteiger partial charge in [0.15, 0.2) is 11.4 Å². The van der Waals surface area contributed by atoms with E-state index in [1.807, 2.05) is 0 Å². The van der Waals surface area contributed by atoms with Crippen LogP contribution in [0.15, 0.2) is 30.5 Å². The number of halogens is 3. The molecule has 2 aromatic rings. The Morgan fingerprint density at radius 1 is 1.28 bits per heavy atom. The van der Waals surface area contributed by atoms with Crippen molar-refractivity contribution in [3.63, 3.8) is 0 Å². The highest BCUT2D eigenvalue weighted by Crippen LogP contribution is 2.34. The SMILES string of the molecule is C[C@H]1CN(c2ccc(C(F)(F)F)cc2)C(=O)c2c(OB(O)O)cnn21. The molecule has 1 aromatic heterocycles. The van der Waals surface area contributed by atoms with E-state index in [2.05, 4.69) is 5.10 Å². The molecule has 2 N–H and O–H groups in total. The van der Waals surface area contributed by atoms with Crippen LogP contribution < -0.4 is 9.55 Å². The zero-order valence-corrected chi connectivity index (χ0v) is 12.9. The number of alkyl halides is 3. The second kappa shape index (κ2) is 6.08. The Bertz CT molecular complexity index is 792. The van der Waals surface area contributed by atoms with Gasteiger partial charge >= 0.3 is 13.5 Å². The Balaban J connectivity index is 1.95. The Morgan fingerprint density at radius 2 is 1.92 bits per heavy atom. The summed E-state index contributed by atoms with van der Waals surface area (Å²) < 4.78 is 44.1. The van der Waals surface area contributed by atoms with Crippen molar-refractivity contribution >= 4 is 18.9 Å². The van der Waals surface area contributed by atoms with E-state index in [1.165, 1.54) is 27.9 Å². The van der Waals surface area contributed by atoms with Crippen molar-refractivity contribution in [3.8, 4) is 5.75 Å². The van der Waals surface area contributed by atoms with Crippen LogP contribution in [0.2, 0.25) is 0 Å². The fourth-order valence-corrected chi connectivity index (χ4v) is 2.69. The Labute approximate surface area is 140 Å². The number of aromatic nitrogens is 2. The van der Waals surface area contributed by atoms with Gasteiger partial charge in [0, 0.05) is 12.2 Å². The van der Waals surface area contributed by atoms with E-state index in [1.54, 1.807) is 6.92 Å². The van der Waals surface area contributed by atoms with Crippen molar-refractivity contribution in [1.29, 1.82) is 0 Å². The number of fused-ring (bicyclic) bond motifs is 1. The maximum atomic E-state index is 12.7. The van der Waals surface area contributed by atoms with Gasteiger partial charge in [0.1, 0.15) is 0 Å². The second-order valence-electron chi connectivity index (χ2n) is 5.56. The molecule has 1 atom stereocenters. The molecule has 1 amide bonds. The molecule has 1 aliphatic rings. The highest BCUT2D eigenvalue weighted by Gasteiger charge is 2.36. The van der Waals surface area contributed by atoms with Crippen LogP contribution in [0.3, 0.4) is 0 Å². The number of carbonyl (C=O) groups is 1. The van der Waals surface area contributed by atoms with Crippen LogP contribution in [0.5, 0.6) is 5.75 Å². The number of hydrogen-bond donors (Lipinski definition) is 2. The average molecular weight is 355 g/mol. The lowest BCUT2D eigenvalue weighted by molar-refractivity contribution is -0.137. The summed E-state index contributed by atoms with van der Waals surface area (Å²) in [5.74, 6) is -0.686. The van der Waals surface area contributed by atoms with Crippen molar-refractivity contribution in [2.75, 3.05) is 11.4 Å². The summed E-state index contributed by atoms with van der Waals surface area (Å²) in [5, 5.41) is 21.9. The predicted octanol–water partition coefficient (Wildman–Crippen LogP) is 1.47. The molecule has 0 aliphatic carbocycles. The van der Waals surface area contributed by atoms with Gasteiger partial charge in [-0.05, 0) is 31.2 Å². The zero-order chi connectivity index (χ0) is 18.4. The van der Waals surface area contributed by atoms with Crippen LogP contribution in [-0.4, -0.2) is 39.6 Å². The number of carbonyl (C=O) groups excluding carboxylic acids is 1. The summed E-state index contributed by atoms with van der Waals surface area (Å²) in [5.41, 5.74) is -0.536. The third kappa shape index (κ3) is 3.20. The van der Waals surface area contributed by atoms with Gasteiger partial charge in [0.2, 0.25) is 0 Å². The van der Waals surface area contributed by atoms with Gasteiger partial charge in [-0.2, -0.15) is 18.3 Å². The Morgan fingerprint density at radius 3 is 2.48 bits per heavy atom. The molecular formula is C14H13BF3N3O4. The van der Waals surface area contributed by atoms with E-state index >= 15 is 0 Å². The number of anilines is 1. The molecule has 11 heteroatoms. The van der Waals surface area contributed by atoms with E-state index in [9.17, 15) is 18.0 Å². The van der Waals surface area contributed by atoms with Crippen molar-refractivity contribution < 1.29 is 32.7 Å². The predicted molar refractivity (Wildman–Crippen MR) is 80.9 cm³/mol. The van der Waals surface area contributed by atoms with Crippen molar-refractivity contribution in [3.05, 3.63) is 41.7 Å². The van der Waals surface area contributed by atoms with E-state index in [4.69, 9.17) is 14.7 Å². The smallest absolute Gasteiger partial charge is 0.509 e. The highest BCUT2D eigenvalue weighted by atomic mass is 19.4. The molecule has 132 valence electrons. The number of hydrogen-bond acceptors (Lipinski definition) is 5. The van der Waals surface area contributed by atoms with E-state index in [0.29, 0.717) is 0 Å². The maximum Gasteiger partial charge on any atom is 0.707 e. The third-order valence-electron chi connectivity index (χ3n) is 3.81. The summed E-state index contributed by atoms with van der Waals surface area (Å²) >= 11 is 0. The minimum absolute atomic E-state index is 0.00764. The van der Waals surface area contributed by atoms with Gasteiger partial charge in [-0.3, -0.25) is 9.48 Å². The Kier molecular flexibility index (Phi) is 4.21. The molecular weight excluding hydrogens is 342 g/mol. The molecule has 25 heavy (non-hydrogen) atoms. The van der Waals surface area contributed by atoms with Gasteiger partial charge in [0.05, 0.1) is 17.8 Å². The van der Waals surface area contributed by atoms with Gasteiger partial charge in [-0.25, -0.2) is 0 Å². The van der Waals surface area contributed by atoms with E-state index in [-0.39, 0.29) is 29.7 Å². The minimum Gasteiger partial charge on any atom is -0.509 e. The molecule has 2 heterocycles. The quantitative estimate of drug-likeness (QED) is 0.815. The minimum atomic E-state index is -4.46. The summed E-state index contributed by atoms with van der Waals surface area (Å²) in [7, 11) is -2.13. The number of rotatable bonds is 3. The van der Waals surface area contributed by atoms with Crippen LogP contribution in [0, 0.1) is 0 Å². The van der Waals surface area contributed by atoms with Crippen LogP contribution in [0.1, 0.15) is 29.0 Å². The lowest BCUT2D eigenvalue weighted by atomic mass is 10.1. The van der Waals surface area contributed by atoms with Crippen LogP contribution in [0.25, 0.3) is 0 Å². The average Bonchev–Trinajstić information content (AvgIpc) is 2.94. The van der Waals surface area contributed by atoms with Gasteiger partial charge in [-0.15, -0.1) is 0 Å². The molecule has 7 nitrogen and oxygen atoms in total. The molecule has 0 saturated heterocycles. The topological polar surface area (TPSA) is 87.8 Å². The molecule has 0 unspecified atom stereocenters. The van der Waals surface area contributed by atoms with Crippen LogP contribution in [-0.2, 0) is 6.18 Å². The first-order chi connectivity index (χ1) is 11.7. The molecule has 1 aromatic carbocycles. The summed E-state index contributed by atoms with van der Waals surface area (Å²) in [6.07, 6.45) is -3.28. The monoisotopic (exact) mass is 355 g/mol. The van der Waals surface area contributed by atoms with Crippen molar-refractivity contribution in [1.82, 2.24) is 9.78 Å². The van der Waals surface area contributed by atoms with Crippen LogP contribution in [0.4, 0.5) is 18.9 Å². The first kappa shape index (κ1) is 17.3. The lowest BCUT2D eigenvalue weighted by Gasteiger charge is -2.32. The van der Waals surface area contributed by atoms with E-state index in [0.717, 1.165) is 12.1 Å². The number of amides is 1. The molecule has 1 aliphatic heterocycles. The molecule has 0 bridgehead atoms. The van der Waals surface area contributed by atoms with Gasteiger partial charge in [-0.1, -0.05) is 0 Å². The largest absolute Gasteiger partial charge is 0.707 e. The standard InChI is InChI=1S/C14H13BF3N3O4/c1-8-7-20(10-4-2-9(3-5-10)14(16,17)18)13(22)12-11(25-15(23)24)6-19-21(8)12/h2-6,8,23-24H,7H2,1H3/t8-/m0/s1. The number of benzene rings is 1.